The first-order valence-electron chi connectivity index (χ1n) is 3.26. The molecule has 0 aromatic carbocycles. The van der Waals surface area contributed by atoms with E-state index in [1.165, 1.54) is 0 Å². The van der Waals surface area contributed by atoms with Gasteiger partial charge in [-0.15, -0.1) is 0 Å². The minimum absolute atomic E-state index is 0.0405. The van der Waals surface area contributed by atoms with Crippen molar-refractivity contribution in [1.82, 2.24) is 4.90 Å². The summed E-state index contributed by atoms with van der Waals surface area (Å²) in [5.41, 5.74) is 5.53. The molecule has 2 N–H and O–H groups in total. The summed E-state index contributed by atoms with van der Waals surface area (Å²) in [6.07, 6.45) is -0.177. The maximum atomic E-state index is 12.6. The van der Waals surface area contributed by atoms with Gasteiger partial charge in [0.1, 0.15) is 6.17 Å². The van der Waals surface area contributed by atoms with E-state index in [-0.39, 0.29) is 6.04 Å². The van der Waals surface area contributed by atoms with E-state index in [0.29, 0.717) is 13.0 Å². The van der Waals surface area contributed by atoms with Gasteiger partial charge in [0.25, 0.3) is 0 Å². The van der Waals surface area contributed by atoms with Gasteiger partial charge in [-0.3, -0.25) is 0 Å². The third kappa shape index (κ3) is 1.91. The first-order valence-corrected chi connectivity index (χ1v) is 3.26. The molecule has 0 spiro atoms. The second-order valence-corrected chi connectivity index (χ2v) is 2.81. The summed E-state index contributed by atoms with van der Waals surface area (Å²) in [5.74, 6) is 0. The van der Waals surface area contributed by atoms with Gasteiger partial charge in [-0.05, 0) is 13.5 Å². The Morgan fingerprint density at radius 3 is 2.67 bits per heavy atom. The molecule has 2 atom stereocenters. The van der Waals surface area contributed by atoms with Crippen LogP contribution in [0.2, 0.25) is 0 Å². The Hall–Kier alpha value is -0.150. The fraction of sp³-hybridized carbons (Fsp3) is 1.00. The molecule has 0 aromatic rings. The zero-order chi connectivity index (χ0) is 6.85. The summed E-state index contributed by atoms with van der Waals surface area (Å²) >= 11 is 0. The lowest BCUT2D eigenvalue weighted by Gasteiger charge is -2.29. The van der Waals surface area contributed by atoms with Gasteiger partial charge in [0.2, 0.25) is 0 Å². The highest BCUT2D eigenvalue weighted by Crippen LogP contribution is 2.09. The van der Waals surface area contributed by atoms with E-state index in [0.717, 1.165) is 6.54 Å². The predicted octanol–water partition coefficient (Wildman–Crippen LogP) is -0.0127. The maximum Gasteiger partial charge on any atom is 0.114 e. The molecule has 0 amide bonds. The highest BCUT2D eigenvalue weighted by atomic mass is 19.1. The van der Waals surface area contributed by atoms with Crippen molar-refractivity contribution in [1.29, 1.82) is 0 Å². The van der Waals surface area contributed by atoms with Crippen molar-refractivity contribution in [2.75, 3.05) is 20.1 Å². The molecule has 2 nitrogen and oxygen atoms in total. The minimum atomic E-state index is -0.709. The first kappa shape index (κ1) is 6.96. The Labute approximate surface area is 54.8 Å². The number of nitrogens with zero attached hydrogens (tertiary/aromatic N) is 1. The van der Waals surface area contributed by atoms with Gasteiger partial charge in [-0.1, -0.05) is 0 Å². The lowest BCUT2D eigenvalue weighted by Crippen LogP contribution is -2.45. The van der Waals surface area contributed by atoms with Crippen LogP contribution in [0.25, 0.3) is 0 Å². The zero-order valence-electron chi connectivity index (χ0n) is 5.68. The van der Waals surface area contributed by atoms with Gasteiger partial charge in [-0.25, -0.2) is 4.39 Å². The highest BCUT2D eigenvalue weighted by Gasteiger charge is 2.21. The molecule has 1 saturated heterocycles. The van der Waals surface area contributed by atoms with Gasteiger partial charge < -0.3 is 10.6 Å². The van der Waals surface area contributed by atoms with E-state index in [4.69, 9.17) is 5.73 Å². The summed E-state index contributed by atoms with van der Waals surface area (Å²) < 4.78 is 12.6. The van der Waals surface area contributed by atoms with Gasteiger partial charge in [0.15, 0.2) is 0 Å². The number of nitrogens with two attached hydrogens (primary N) is 1. The van der Waals surface area contributed by atoms with Crippen LogP contribution in [0.4, 0.5) is 4.39 Å². The Balaban J connectivity index is 2.34. The number of alkyl halides is 1. The largest absolute Gasteiger partial charge is 0.326 e. The molecule has 0 aliphatic carbocycles. The molecule has 0 aromatic heterocycles. The average Bonchev–Trinajstić information content (AvgIpc) is 1.59. The van der Waals surface area contributed by atoms with Crippen molar-refractivity contribution >= 4 is 0 Å². The molecule has 0 unspecified atom stereocenters. The summed E-state index contributed by atoms with van der Waals surface area (Å²) in [6.45, 7) is 1.38. The Morgan fingerprint density at radius 1 is 1.56 bits per heavy atom. The first-order chi connectivity index (χ1) is 4.18. The second kappa shape index (κ2) is 2.62. The number of hydrogen-bond donors (Lipinski definition) is 1. The average molecular weight is 132 g/mol. The Morgan fingerprint density at radius 2 is 2.22 bits per heavy atom. The van der Waals surface area contributed by atoms with Crippen molar-refractivity contribution in [3.05, 3.63) is 0 Å². The van der Waals surface area contributed by atoms with Crippen LogP contribution in [0.1, 0.15) is 6.42 Å². The third-order valence-corrected chi connectivity index (χ3v) is 1.61. The molecular formula is C6H13FN2. The van der Waals surface area contributed by atoms with E-state index >= 15 is 0 Å². The van der Waals surface area contributed by atoms with Crippen molar-refractivity contribution < 1.29 is 4.39 Å². The molecular weight excluding hydrogens is 119 g/mol. The van der Waals surface area contributed by atoms with Gasteiger partial charge in [0.05, 0.1) is 0 Å². The van der Waals surface area contributed by atoms with Crippen molar-refractivity contribution in [3.8, 4) is 0 Å². The predicted molar refractivity (Wildman–Crippen MR) is 35.0 cm³/mol. The minimum Gasteiger partial charge on any atom is -0.326 e. The molecule has 1 heterocycles. The molecule has 0 saturated carbocycles. The van der Waals surface area contributed by atoms with Crippen LogP contribution in [-0.4, -0.2) is 37.3 Å². The summed E-state index contributed by atoms with van der Waals surface area (Å²) in [5, 5.41) is 0. The molecule has 0 radical (unpaired) electrons. The van der Waals surface area contributed by atoms with Gasteiger partial charge in [-0.2, -0.15) is 0 Å². The van der Waals surface area contributed by atoms with E-state index in [1.54, 1.807) is 0 Å². The standard InChI is InChI=1S/C6H13FN2/c1-9-3-5(7)2-6(8)4-9/h5-6H,2-4,8H2,1H3/t5-,6+/m1/s1. The van der Waals surface area contributed by atoms with E-state index in [1.807, 2.05) is 11.9 Å². The SMILES string of the molecule is CN1C[C@@H](N)C[C@@H](F)C1. The van der Waals surface area contributed by atoms with Crippen LogP contribution in [-0.2, 0) is 0 Å². The fourth-order valence-electron chi connectivity index (χ4n) is 1.29. The van der Waals surface area contributed by atoms with Crippen LogP contribution in [0.3, 0.4) is 0 Å². The van der Waals surface area contributed by atoms with E-state index < -0.39 is 6.17 Å². The summed E-state index contributed by atoms with van der Waals surface area (Å²) in [4.78, 5) is 1.93. The third-order valence-electron chi connectivity index (χ3n) is 1.61. The van der Waals surface area contributed by atoms with Crippen LogP contribution in [0.5, 0.6) is 0 Å². The van der Waals surface area contributed by atoms with Gasteiger partial charge >= 0.3 is 0 Å². The van der Waals surface area contributed by atoms with Crippen LogP contribution < -0.4 is 5.73 Å². The van der Waals surface area contributed by atoms with Crippen LogP contribution in [0, 0.1) is 0 Å². The molecule has 1 aliphatic rings. The monoisotopic (exact) mass is 132 g/mol. The molecule has 9 heavy (non-hydrogen) atoms. The van der Waals surface area contributed by atoms with Crippen molar-refractivity contribution in [2.45, 2.75) is 18.6 Å². The van der Waals surface area contributed by atoms with Crippen molar-refractivity contribution in [2.24, 2.45) is 5.73 Å². The van der Waals surface area contributed by atoms with Gasteiger partial charge in [0, 0.05) is 19.1 Å². The van der Waals surface area contributed by atoms with E-state index in [2.05, 4.69) is 0 Å². The maximum absolute atomic E-state index is 12.6. The molecule has 1 rings (SSSR count). The lowest BCUT2D eigenvalue weighted by molar-refractivity contribution is 0.147. The number of hydrogen-bond acceptors (Lipinski definition) is 2. The van der Waals surface area contributed by atoms with E-state index in [9.17, 15) is 4.39 Å². The van der Waals surface area contributed by atoms with Crippen molar-refractivity contribution in [3.63, 3.8) is 0 Å². The number of halogens is 1. The molecule has 1 aliphatic heterocycles. The second-order valence-electron chi connectivity index (χ2n) is 2.81. The normalized spacial score (nSPS) is 39.0. The number of rotatable bonds is 0. The quantitative estimate of drug-likeness (QED) is 0.502. The number of likely N-dealkylation sites (N-methyl/N-ethyl adjacent to an activating group) is 1. The highest BCUT2D eigenvalue weighted by molar-refractivity contribution is 4.78. The fourth-order valence-corrected chi connectivity index (χ4v) is 1.29. The lowest BCUT2D eigenvalue weighted by atomic mass is 10.1. The van der Waals surface area contributed by atoms with Crippen LogP contribution >= 0.6 is 0 Å². The Bertz CT molecular complexity index is 72.0. The van der Waals surface area contributed by atoms with Crippen LogP contribution in [0.15, 0.2) is 0 Å². The smallest absolute Gasteiger partial charge is 0.114 e. The summed E-state index contributed by atoms with van der Waals surface area (Å²) in [7, 11) is 1.89. The molecule has 1 fully saturated rings. The zero-order valence-corrected chi connectivity index (χ0v) is 5.68. The number of piperidine rings is 1. The summed E-state index contributed by atoms with van der Waals surface area (Å²) in [6, 6.07) is 0.0405. The molecule has 54 valence electrons. The Kier molecular flexibility index (Phi) is 2.03. The molecule has 3 heteroatoms. The topological polar surface area (TPSA) is 29.3 Å². The number of likely N-dealkylation sites (tertiary alicyclic amines) is 1. The molecule has 0 bridgehead atoms.